The molecule has 0 fully saturated rings. The minimum absolute atomic E-state index is 0.0177. The summed E-state index contributed by atoms with van der Waals surface area (Å²) in [4.78, 5) is 30.0. The summed E-state index contributed by atoms with van der Waals surface area (Å²) in [6.07, 6.45) is 0. The van der Waals surface area contributed by atoms with Crippen molar-refractivity contribution in [1.82, 2.24) is 10.3 Å². The molecule has 2 N–H and O–H groups in total. The van der Waals surface area contributed by atoms with E-state index in [1.807, 2.05) is 61.5 Å². The molecule has 160 valence electrons. The first-order valence-electron chi connectivity index (χ1n) is 10.2. The molecule has 0 saturated carbocycles. The van der Waals surface area contributed by atoms with E-state index in [0.29, 0.717) is 22.0 Å². The van der Waals surface area contributed by atoms with Crippen LogP contribution in [0.2, 0.25) is 0 Å². The summed E-state index contributed by atoms with van der Waals surface area (Å²) in [5, 5.41) is 13.3. The third-order valence-electron chi connectivity index (χ3n) is 5.43. The average Bonchev–Trinajstić information content (AvgIpc) is 2.80. The molecule has 1 heterocycles. The van der Waals surface area contributed by atoms with E-state index >= 15 is 0 Å². The quantitative estimate of drug-likeness (QED) is 0.371. The van der Waals surface area contributed by atoms with Gasteiger partial charge in [0.15, 0.2) is 0 Å². The number of pyridine rings is 1. The fraction of sp³-hybridized carbons (Fsp3) is 0.115. The van der Waals surface area contributed by atoms with Gasteiger partial charge in [0.05, 0.1) is 22.7 Å². The second-order valence-corrected chi connectivity index (χ2v) is 8.42. The normalized spacial score (nSPS) is 11.8. The number of aliphatic carboxylic acids is 1. The average molecular weight is 489 g/mol. The van der Waals surface area contributed by atoms with Crippen LogP contribution in [0.5, 0.6) is 0 Å². The Labute approximate surface area is 194 Å². The summed E-state index contributed by atoms with van der Waals surface area (Å²) in [6.45, 7) is 1.85. The third-order valence-corrected chi connectivity index (χ3v) is 5.92. The van der Waals surface area contributed by atoms with E-state index in [0.717, 1.165) is 21.3 Å². The lowest BCUT2D eigenvalue weighted by atomic mass is 9.96. The van der Waals surface area contributed by atoms with Crippen LogP contribution < -0.4 is 5.32 Å². The summed E-state index contributed by atoms with van der Waals surface area (Å²) < 4.78 is 0.834. The zero-order valence-electron chi connectivity index (χ0n) is 17.4. The van der Waals surface area contributed by atoms with E-state index in [4.69, 9.17) is 4.98 Å². The van der Waals surface area contributed by atoms with E-state index < -0.39 is 11.9 Å². The van der Waals surface area contributed by atoms with E-state index in [1.54, 1.807) is 24.3 Å². The number of carboxylic acid groups (broad SMARTS) is 1. The van der Waals surface area contributed by atoms with Gasteiger partial charge in [-0.3, -0.25) is 9.59 Å². The summed E-state index contributed by atoms with van der Waals surface area (Å²) >= 11 is 3.48. The van der Waals surface area contributed by atoms with Crippen LogP contribution >= 0.6 is 15.9 Å². The summed E-state index contributed by atoms with van der Waals surface area (Å²) in [6, 6.07) is 24.2. The third kappa shape index (κ3) is 4.41. The van der Waals surface area contributed by atoms with Gasteiger partial charge in [0, 0.05) is 22.0 Å². The van der Waals surface area contributed by atoms with Gasteiger partial charge >= 0.3 is 5.97 Å². The summed E-state index contributed by atoms with van der Waals surface area (Å²) in [5.74, 6) is -2.15. The molecule has 0 spiro atoms. The Balaban J connectivity index is 1.75. The second kappa shape index (κ2) is 9.32. The number of fused-ring (bicyclic) bond motifs is 1. The van der Waals surface area contributed by atoms with Gasteiger partial charge < -0.3 is 10.4 Å². The molecule has 32 heavy (non-hydrogen) atoms. The molecule has 1 aromatic heterocycles. The number of carbonyl (C=O) groups excluding carboxylic acids is 1. The van der Waals surface area contributed by atoms with Crippen molar-refractivity contribution < 1.29 is 14.7 Å². The number of nitrogens with zero attached hydrogens (tertiary/aromatic N) is 1. The number of amides is 1. The van der Waals surface area contributed by atoms with Gasteiger partial charge in [-0.2, -0.15) is 0 Å². The molecule has 4 aromatic rings. The Hall–Kier alpha value is -3.51. The Kier molecular flexibility index (Phi) is 6.32. The monoisotopic (exact) mass is 488 g/mol. The zero-order valence-corrected chi connectivity index (χ0v) is 19.0. The Bertz CT molecular complexity index is 1290. The first-order valence-corrected chi connectivity index (χ1v) is 11.0. The molecular weight excluding hydrogens is 468 g/mol. The maximum absolute atomic E-state index is 13.4. The smallest absolute Gasteiger partial charge is 0.312 e. The minimum Gasteiger partial charge on any atom is -0.481 e. The number of carboxylic acids is 1. The Morgan fingerprint density at radius 1 is 1.00 bits per heavy atom. The highest BCUT2D eigenvalue weighted by atomic mass is 79.9. The lowest BCUT2D eigenvalue weighted by Gasteiger charge is -2.17. The van der Waals surface area contributed by atoms with Crippen LogP contribution in [0.3, 0.4) is 0 Å². The number of carbonyl (C=O) groups is 2. The van der Waals surface area contributed by atoms with Crippen molar-refractivity contribution >= 4 is 38.7 Å². The molecule has 0 aliphatic rings. The van der Waals surface area contributed by atoms with Crippen molar-refractivity contribution in [2.75, 3.05) is 6.54 Å². The lowest BCUT2D eigenvalue weighted by Crippen LogP contribution is -2.32. The SMILES string of the molecule is Cc1c(-c2ccccc2)nc2ccc(Br)cc2c1C(=O)NC[C@@H](C(=O)O)c1ccccc1. The van der Waals surface area contributed by atoms with Crippen LogP contribution in [0.15, 0.2) is 83.3 Å². The van der Waals surface area contributed by atoms with Crippen molar-refractivity contribution in [3.8, 4) is 11.3 Å². The molecule has 3 aromatic carbocycles. The van der Waals surface area contributed by atoms with Crippen molar-refractivity contribution in [2.45, 2.75) is 12.8 Å². The number of aromatic nitrogens is 1. The van der Waals surface area contributed by atoms with Gasteiger partial charge in [0.2, 0.25) is 0 Å². The van der Waals surface area contributed by atoms with E-state index in [9.17, 15) is 14.7 Å². The molecule has 0 aliphatic heterocycles. The highest BCUT2D eigenvalue weighted by Gasteiger charge is 2.23. The van der Waals surface area contributed by atoms with Gasteiger partial charge in [-0.15, -0.1) is 0 Å². The van der Waals surface area contributed by atoms with Crippen LogP contribution in [0.4, 0.5) is 0 Å². The molecule has 1 atom stereocenters. The maximum atomic E-state index is 13.4. The van der Waals surface area contributed by atoms with Crippen molar-refractivity contribution in [1.29, 1.82) is 0 Å². The predicted molar refractivity (Wildman–Crippen MR) is 129 cm³/mol. The zero-order chi connectivity index (χ0) is 22.7. The van der Waals surface area contributed by atoms with Gasteiger partial charge in [0.1, 0.15) is 0 Å². The number of benzene rings is 3. The van der Waals surface area contributed by atoms with Crippen molar-refractivity contribution in [2.24, 2.45) is 0 Å². The van der Waals surface area contributed by atoms with E-state index in [2.05, 4.69) is 21.2 Å². The number of halogens is 1. The lowest BCUT2D eigenvalue weighted by molar-refractivity contribution is -0.138. The summed E-state index contributed by atoms with van der Waals surface area (Å²) in [7, 11) is 0. The van der Waals surface area contributed by atoms with Gasteiger partial charge in [-0.1, -0.05) is 76.6 Å². The van der Waals surface area contributed by atoms with Crippen molar-refractivity contribution in [3.05, 3.63) is 100 Å². The standard InChI is InChI=1S/C26H21BrN2O3/c1-16-23(25(30)28-15-21(26(31)32)17-8-4-2-5-9-17)20-14-19(27)12-13-22(20)29-24(16)18-10-6-3-7-11-18/h2-14,21H,15H2,1H3,(H,28,30)(H,31,32)/t21-/m1/s1. The number of nitrogens with one attached hydrogen (secondary N) is 1. The van der Waals surface area contributed by atoms with Crippen molar-refractivity contribution in [3.63, 3.8) is 0 Å². The first-order chi connectivity index (χ1) is 15.5. The van der Waals surface area contributed by atoms with Crippen LogP contribution in [0.25, 0.3) is 22.2 Å². The number of rotatable bonds is 6. The minimum atomic E-state index is -0.986. The molecule has 0 radical (unpaired) electrons. The highest BCUT2D eigenvalue weighted by Crippen LogP contribution is 2.31. The maximum Gasteiger partial charge on any atom is 0.312 e. The summed E-state index contributed by atoms with van der Waals surface area (Å²) in [5.41, 5.74) is 4.21. The van der Waals surface area contributed by atoms with E-state index in [-0.39, 0.29) is 12.5 Å². The van der Waals surface area contributed by atoms with Gasteiger partial charge in [-0.05, 0) is 36.2 Å². The fourth-order valence-corrected chi connectivity index (χ4v) is 4.18. The Morgan fingerprint density at radius 2 is 1.66 bits per heavy atom. The molecule has 0 saturated heterocycles. The number of hydrogen-bond donors (Lipinski definition) is 2. The van der Waals surface area contributed by atoms with Gasteiger partial charge in [-0.25, -0.2) is 4.98 Å². The molecular formula is C26H21BrN2O3. The fourth-order valence-electron chi connectivity index (χ4n) is 3.82. The van der Waals surface area contributed by atoms with E-state index in [1.165, 1.54) is 0 Å². The van der Waals surface area contributed by atoms with Crippen LogP contribution in [-0.4, -0.2) is 28.5 Å². The molecule has 0 bridgehead atoms. The molecule has 6 heteroatoms. The van der Waals surface area contributed by atoms with Crippen LogP contribution in [-0.2, 0) is 4.79 Å². The first kappa shape index (κ1) is 21.7. The molecule has 4 rings (SSSR count). The molecule has 0 aliphatic carbocycles. The molecule has 0 unspecified atom stereocenters. The molecule has 1 amide bonds. The highest BCUT2D eigenvalue weighted by molar-refractivity contribution is 9.10. The largest absolute Gasteiger partial charge is 0.481 e. The Morgan fingerprint density at radius 3 is 2.31 bits per heavy atom. The molecule has 5 nitrogen and oxygen atoms in total. The van der Waals surface area contributed by atoms with Gasteiger partial charge in [0.25, 0.3) is 5.91 Å². The predicted octanol–water partition coefficient (Wildman–Crippen LogP) is 5.57. The second-order valence-electron chi connectivity index (χ2n) is 7.50. The topological polar surface area (TPSA) is 79.3 Å². The number of hydrogen-bond acceptors (Lipinski definition) is 3. The van der Waals surface area contributed by atoms with Crippen LogP contribution in [0.1, 0.15) is 27.4 Å². The van der Waals surface area contributed by atoms with Crippen LogP contribution in [0, 0.1) is 6.92 Å².